The lowest BCUT2D eigenvalue weighted by Gasteiger charge is -2.18. The van der Waals surface area contributed by atoms with E-state index < -0.39 is 11.7 Å². The molecule has 2 aromatic carbocycles. The van der Waals surface area contributed by atoms with Gasteiger partial charge in [-0.1, -0.05) is 40.9 Å². The lowest BCUT2D eigenvalue weighted by atomic mass is 10.1. The van der Waals surface area contributed by atoms with Crippen LogP contribution in [0.4, 0.5) is 5.69 Å². The van der Waals surface area contributed by atoms with Crippen LogP contribution in [-0.2, 0) is 4.79 Å². The minimum absolute atomic E-state index is 0.143. The molecule has 0 N–H and O–H groups in total. The van der Waals surface area contributed by atoms with Crippen molar-refractivity contribution in [3.63, 3.8) is 0 Å². The van der Waals surface area contributed by atoms with Crippen molar-refractivity contribution in [1.82, 2.24) is 0 Å². The number of rotatable bonds is 4. The molecule has 23 heavy (non-hydrogen) atoms. The number of Topliss-reactive ketones (excluding diaryl/α,β-unsaturated/α-hetero) is 1. The van der Waals surface area contributed by atoms with Crippen molar-refractivity contribution in [3.8, 4) is 5.75 Å². The number of hydrogen-bond acceptors (Lipinski definition) is 3. The van der Waals surface area contributed by atoms with Crippen LogP contribution in [0.2, 0.25) is 15.1 Å². The monoisotopic (exact) mass is 369 g/mol. The summed E-state index contributed by atoms with van der Waals surface area (Å²) in [6, 6.07) is 9.70. The smallest absolute Gasteiger partial charge is 0.299 e. The molecule has 0 aliphatic carbocycles. The molecule has 0 saturated carbocycles. The molecule has 0 bridgehead atoms. The normalized spacial score (nSPS) is 13.4. The molecule has 0 aromatic heterocycles. The first-order valence-corrected chi connectivity index (χ1v) is 7.85. The van der Waals surface area contributed by atoms with E-state index in [2.05, 4.69) is 0 Å². The number of carbonyl (C=O) groups is 2. The largest absolute Gasteiger partial charge is 0.490 e. The zero-order valence-electron chi connectivity index (χ0n) is 11.7. The average molecular weight is 371 g/mol. The molecule has 2 aromatic rings. The predicted molar refractivity (Wildman–Crippen MR) is 90.1 cm³/mol. The molecule has 1 aliphatic heterocycles. The van der Waals surface area contributed by atoms with Gasteiger partial charge >= 0.3 is 0 Å². The van der Waals surface area contributed by atoms with Crippen molar-refractivity contribution in [2.75, 3.05) is 18.1 Å². The van der Waals surface area contributed by atoms with Crippen LogP contribution in [0.3, 0.4) is 0 Å². The third kappa shape index (κ3) is 3.02. The summed E-state index contributed by atoms with van der Waals surface area (Å²) in [5.74, 6) is -0.770. The molecule has 0 unspecified atom stereocenters. The van der Waals surface area contributed by atoms with Gasteiger partial charge in [0, 0.05) is 11.1 Å². The number of ketones is 1. The second-order valence-electron chi connectivity index (χ2n) is 4.85. The van der Waals surface area contributed by atoms with Crippen molar-refractivity contribution < 1.29 is 14.3 Å². The first-order chi connectivity index (χ1) is 11.0. The van der Waals surface area contributed by atoms with E-state index in [1.165, 1.54) is 4.90 Å². The summed E-state index contributed by atoms with van der Waals surface area (Å²) in [4.78, 5) is 25.4. The number of ether oxygens (including phenoxy) is 1. The fourth-order valence-electron chi connectivity index (χ4n) is 2.36. The topological polar surface area (TPSA) is 46.6 Å². The Balaban J connectivity index is 1.76. The molecule has 0 atom stereocenters. The second kappa shape index (κ2) is 6.40. The molecule has 1 aliphatic rings. The van der Waals surface area contributed by atoms with Crippen LogP contribution in [0.1, 0.15) is 10.4 Å². The lowest BCUT2D eigenvalue weighted by Crippen LogP contribution is -2.33. The van der Waals surface area contributed by atoms with Crippen molar-refractivity contribution in [3.05, 3.63) is 57.0 Å². The van der Waals surface area contributed by atoms with Crippen LogP contribution in [-0.4, -0.2) is 24.8 Å². The molecule has 7 heteroatoms. The van der Waals surface area contributed by atoms with Gasteiger partial charge < -0.3 is 4.74 Å². The highest BCUT2D eigenvalue weighted by atomic mass is 35.5. The Morgan fingerprint density at radius 3 is 2.57 bits per heavy atom. The van der Waals surface area contributed by atoms with E-state index in [1.54, 1.807) is 36.4 Å². The minimum Gasteiger partial charge on any atom is -0.490 e. The van der Waals surface area contributed by atoms with Crippen LogP contribution in [0.15, 0.2) is 36.4 Å². The summed E-state index contributed by atoms with van der Waals surface area (Å²) in [6.45, 7) is 0.313. The summed E-state index contributed by atoms with van der Waals surface area (Å²) < 4.78 is 5.55. The summed E-state index contributed by atoms with van der Waals surface area (Å²) in [6.07, 6.45) is 0. The molecule has 1 amide bonds. The number of benzene rings is 2. The van der Waals surface area contributed by atoms with Gasteiger partial charge in [0.1, 0.15) is 12.4 Å². The number of halogens is 3. The number of nitrogens with zero attached hydrogens (tertiary/aromatic N) is 1. The van der Waals surface area contributed by atoms with Crippen LogP contribution < -0.4 is 9.64 Å². The summed E-state index contributed by atoms with van der Waals surface area (Å²) in [5.41, 5.74) is 0.730. The Labute approximate surface area is 147 Å². The van der Waals surface area contributed by atoms with Crippen molar-refractivity contribution >= 4 is 52.2 Å². The van der Waals surface area contributed by atoms with Gasteiger partial charge in [0.05, 0.1) is 27.8 Å². The van der Waals surface area contributed by atoms with E-state index in [0.29, 0.717) is 32.1 Å². The average Bonchev–Trinajstić information content (AvgIpc) is 2.77. The van der Waals surface area contributed by atoms with Gasteiger partial charge in [-0.25, -0.2) is 0 Å². The predicted octanol–water partition coefficient (Wildman–Crippen LogP) is 4.26. The Bertz CT molecular complexity index is 807. The van der Waals surface area contributed by atoms with E-state index in [4.69, 9.17) is 39.5 Å². The van der Waals surface area contributed by atoms with Gasteiger partial charge in [0.2, 0.25) is 0 Å². The van der Waals surface area contributed by atoms with E-state index >= 15 is 0 Å². The third-order valence-electron chi connectivity index (χ3n) is 3.41. The van der Waals surface area contributed by atoms with Crippen molar-refractivity contribution in [1.29, 1.82) is 0 Å². The van der Waals surface area contributed by atoms with Crippen LogP contribution in [0.25, 0.3) is 0 Å². The minimum atomic E-state index is -0.617. The molecule has 0 spiro atoms. The lowest BCUT2D eigenvalue weighted by molar-refractivity contribution is -0.114. The number of para-hydroxylation sites is 1. The van der Waals surface area contributed by atoms with Crippen LogP contribution in [0, 0.1) is 0 Å². The van der Waals surface area contributed by atoms with Crippen molar-refractivity contribution in [2.45, 2.75) is 0 Å². The fourth-order valence-corrected chi connectivity index (χ4v) is 2.97. The Morgan fingerprint density at radius 1 is 1.00 bits per heavy atom. The highest BCUT2D eigenvalue weighted by Crippen LogP contribution is 2.35. The third-order valence-corrected chi connectivity index (χ3v) is 4.26. The van der Waals surface area contributed by atoms with E-state index in [9.17, 15) is 9.59 Å². The molecule has 0 radical (unpaired) electrons. The zero-order valence-corrected chi connectivity index (χ0v) is 14.0. The zero-order chi connectivity index (χ0) is 16.6. The van der Waals surface area contributed by atoms with Gasteiger partial charge in [-0.05, 0) is 24.3 Å². The van der Waals surface area contributed by atoms with E-state index in [1.807, 2.05) is 0 Å². The summed E-state index contributed by atoms with van der Waals surface area (Å²) in [5, 5.41) is 1.25. The number of carbonyl (C=O) groups excluding carboxylic acids is 2. The number of anilines is 1. The quantitative estimate of drug-likeness (QED) is 0.756. The van der Waals surface area contributed by atoms with Crippen molar-refractivity contribution in [2.24, 2.45) is 0 Å². The Morgan fingerprint density at radius 2 is 1.78 bits per heavy atom. The Hall–Kier alpha value is -1.75. The maximum Gasteiger partial charge on any atom is 0.299 e. The van der Waals surface area contributed by atoms with Gasteiger partial charge in [0.25, 0.3) is 11.7 Å². The molecule has 4 nitrogen and oxygen atoms in total. The molecular weight excluding hydrogens is 361 g/mol. The van der Waals surface area contributed by atoms with Crippen LogP contribution >= 0.6 is 34.8 Å². The number of amides is 1. The first kappa shape index (κ1) is 16.1. The highest BCUT2D eigenvalue weighted by molar-refractivity contribution is 6.54. The summed E-state index contributed by atoms with van der Waals surface area (Å²) in [7, 11) is 0. The maximum atomic E-state index is 12.1. The standard InChI is InChI=1S/C16H10Cl3NO3/c17-9-4-5-11(18)13(8-9)23-7-6-20-14-10(15(21)16(20)22)2-1-3-12(14)19/h1-5,8H,6-7H2. The molecule has 118 valence electrons. The highest BCUT2D eigenvalue weighted by Gasteiger charge is 2.37. The Kier molecular flexibility index (Phi) is 4.48. The van der Waals surface area contributed by atoms with Gasteiger partial charge in [-0.15, -0.1) is 0 Å². The second-order valence-corrected chi connectivity index (χ2v) is 6.10. The molecule has 3 rings (SSSR count). The van der Waals surface area contributed by atoms with E-state index in [0.717, 1.165) is 0 Å². The molecule has 1 heterocycles. The molecule has 0 fully saturated rings. The fraction of sp³-hybridized carbons (Fsp3) is 0.125. The van der Waals surface area contributed by atoms with Gasteiger partial charge in [0.15, 0.2) is 0 Å². The molecular formula is C16H10Cl3NO3. The molecule has 0 saturated heterocycles. The van der Waals surface area contributed by atoms with Gasteiger partial charge in [-0.2, -0.15) is 0 Å². The van der Waals surface area contributed by atoms with Crippen LogP contribution in [0.5, 0.6) is 5.75 Å². The SMILES string of the molecule is O=C1C(=O)N(CCOc2cc(Cl)ccc2Cl)c2c(Cl)cccc21. The number of fused-ring (bicyclic) bond motifs is 1. The summed E-state index contributed by atoms with van der Waals surface area (Å²) >= 11 is 18.0. The van der Waals surface area contributed by atoms with E-state index in [-0.39, 0.29) is 13.2 Å². The van der Waals surface area contributed by atoms with Gasteiger partial charge in [-0.3, -0.25) is 14.5 Å². The number of hydrogen-bond donors (Lipinski definition) is 0. The maximum absolute atomic E-state index is 12.1. The first-order valence-electron chi connectivity index (χ1n) is 6.71.